The van der Waals surface area contributed by atoms with Crippen LogP contribution in [-0.4, -0.2) is 19.8 Å². The zero-order chi connectivity index (χ0) is 17.2. The molecule has 0 aromatic heterocycles. The first-order valence-corrected chi connectivity index (χ1v) is 9.48. The van der Waals surface area contributed by atoms with Crippen molar-refractivity contribution in [2.24, 2.45) is 0 Å². The Balaban J connectivity index is 1.84. The van der Waals surface area contributed by atoms with Gasteiger partial charge in [0.15, 0.2) is 9.84 Å². The van der Waals surface area contributed by atoms with Crippen LogP contribution in [-0.2, 0) is 9.84 Å². The minimum absolute atomic E-state index is 0.248. The molecule has 0 spiro atoms. The molecular weight excluding hydrogens is 320 g/mol. The summed E-state index contributed by atoms with van der Waals surface area (Å²) in [5.74, 6) is 0. The zero-order valence-electron chi connectivity index (χ0n) is 13.3. The normalized spacial score (nSPS) is 12.8. The van der Waals surface area contributed by atoms with Crippen molar-refractivity contribution >= 4 is 9.84 Å². The van der Waals surface area contributed by atoms with E-state index in [0.717, 1.165) is 16.7 Å². The number of hydrogen-bond acceptors (Lipinski definition) is 3. The van der Waals surface area contributed by atoms with E-state index in [1.54, 1.807) is 12.1 Å². The number of sulfone groups is 1. The van der Waals surface area contributed by atoms with E-state index in [9.17, 15) is 13.5 Å². The number of benzene rings is 3. The summed E-state index contributed by atoms with van der Waals surface area (Å²) in [7, 11) is -3.23. The van der Waals surface area contributed by atoms with Gasteiger partial charge >= 0.3 is 0 Å². The van der Waals surface area contributed by atoms with Crippen LogP contribution in [0.15, 0.2) is 83.8 Å². The minimum Gasteiger partial charge on any atom is -0.384 e. The van der Waals surface area contributed by atoms with Gasteiger partial charge in [0.05, 0.1) is 4.90 Å². The van der Waals surface area contributed by atoms with Crippen LogP contribution in [0.25, 0.3) is 11.1 Å². The van der Waals surface area contributed by atoms with Gasteiger partial charge in [-0.3, -0.25) is 0 Å². The standard InChI is InChI=1S/C20H18O3S/c1-24(22,23)19-13-11-18(12-14-19)20(21)17-9-7-16(8-10-17)15-5-3-2-4-6-15/h2-14,20-21H,1H3. The van der Waals surface area contributed by atoms with Crippen molar-refractivity contribution in [2.45, 2.75) is 11.0 Å². The van der Waals surface area contributed by atoms with E-state index in [-0.39, 0.29) is 4.90 Å². The molecule has 0 bridgehead atoms. The van der Waals surface area contributed by atoms with Crippen molar-refractivity contribution in [3.63, 3.8) is 0 Å². The molecule has 1 atom stereocenters. The summed E-state index contributed by atoms with van der Waals surface area (Å²) in [5, 5.41) is 10.5. The maximum atomic E-state index is 11.5. The van der Waals surface area contributed by atoms with E-state index in [0.29, 0.717) is 5.56 Å². The summed E-state index contributed by atoms with van der Waals surface area (Å²) in [6.45, 7) is 0. The highest BCUT2D eigenvalue weighted by Crippen LogP contribution is 2.26. The molecule has 0 saturated carbocycles. The molecule has 24 heavy (non-hydrogen) atoms. The molecule has 0 heterocycles. The molecule has 0 radical (unpaired) electrons. The van der Waals surface area contributed by atoms with E-state index in [1.165, 1.54) is 18.4 Å². The fourth-order valence-electron chi connectivity index (χ4n) is 2.58. The molecule has 3 nitrogen and oxygen atoms in total. The van der Waals surface area contributed by atoms with Crippen LogP contribution in [0.2, 0.25) is 0 Å². The van der Waals surface area contributed by atoms with Gasteiger partial charge in [0.2, 0.25) is 0 Å². The zero-order valence-corrected chi connectivity index (χ0v) is 14.1. The summed E-state index contributed by atoms with van der Waals surface area (Å²) >= 11 is 0. The van der Waals surface area contributed by atoms with Crippen molar-refractivity contribution in [1.29, 1.82) is 0 Å². The van der Waals surface area contributed by atoms with Gasteiger partial charge < -0.3 is 5.11 Å². The topological polar surface area (TPSA) is 54.4 Å². The lowest BCUT2D eigenvalue weighted by atomic mass is 9.98. The van der Waals surface area contributed by atoms with Gasteiger partial charge in [0, 0.05) is 6.26 Å². The predicted octanol–water partition coefficient (Wildman–Crippen LogP) is 3.84. The minimum atomic E-state index is -3.23. The number of aliphatic hydroxyl groups is 1. The number of aliphatic hydroxyl groups excluding tert-OH is 1. The van der Waals surface area contributed by atoms with Crippen LogP contribution in [0.1, 0.15) is 17.2 Å². The summed E-state index contributed by atoms with van der Waals surface area (Å²) in [5.41, 5.74) is 3.63. The second kappa shape index (κ2) is 6.59. The Morgan fingerprint density at radius 3 is 1.67 bits per heavy atom. The fraction of sp³-hybridized carbons (Fsp3) is 0.100. The van der Waals surface area contributed by atoms with E-state index >= 15 is 0 Å². The van der Waals surface area contributed by atoms with Crippen LogP contribution in [0.4, 0.5) is 0 Å². The van der Waals surface area contributed by atoms with Crippen LogP contribution in [0.5, 0.6) is 0 Å². The van der Waals surface area contributed by atoms with E-state index in [2.05, 4.69) is 0 Å². The van der Waals surface area contributed by atoms with E-state index in [4.69, 9.17) is 0 Å². The molecule has 122 valence electrons. The largest absolute Gasteiger partial charge is 0.384 e. The lowest BCUT2D eigenvalue weighted by molar-refractivity contribution is 0.220. The van der Waals surface area contributed by atoms with Crippen LogP contribution >= 0.6 is 0 Å². The van der Waals surface area contributed by atoms with Crippen molar-refractivity contribution < 1.29 is 13.5 Å². The highest BCUT2D eigenvalue weighted by Gasteiger charge is 2.12. The first-order chi connectivity index (χ1) is 11.4. The van der Waals surface area contributed by atoms with Crippen molar-refractivity contribution in [1.82, 2.24) is 0 Å². The smallest absolute Gasteiger partial charge is 0.175 e. The molecule has 3 aromatic rings. The molecule has 0 amide bonds. The third-order valence-electron chi connectivity index (χ3n) is 3.96. The van der Waals surface area contributed by atoms with Crippen LogP contribution < -0.4 is 0 Å². The fourth-order valence-corrected chi connectivity index (χ4v) is 3.21. The van der Waals surface area contributed by atoms with E-state index < -0.39 is 15.9 Å². The van der Waals surface area contributed by atoms with E-state index in [1.807, 2.05) is 54.6 Å². The molecule has 0 aliphatic carbocycles. The Kier molecular flexibility index (Phi) is 4.51. The summed E-state index contributed by atoms with van der Waals surface area (Å²) in [4.78, 5) is 0.248. The van der Waals surface area contributed by atoms with Crippen molar-refractivity contribution in [2.75, 3.05) is 6.26 Å². The predicted molar refractivity (Wildman–Crippen MR) is 95.5 cm³/mol. The van der Waals surface area contributed by atoms with Gasteiger partial charge in [-0.1, -0.05) is 66.7 Å². The van der Waals surface area contributed by atoms with Gasteiger partial charge in [0.25, 0.3) is 0 Å². The molecule has 3 aromatic carbocycles. The third-order valence-corrected chi connectivity index (χ3v) is 5.09. The van der Waals surface area contributed by atoms with Gasteiger partial charge in [-0.05, 0) is 34.4 Å². The maximum absolute atomic E-state index is 11.5. The first-order valence-electron chi connectivity index (χ1n) is 7.58. The Hall–Kier alpha value is -2.43. The number of rotatable bonds is 4. The highest BCUT2D eigenvalue weighted by atomic mass is 32.2. The number of hydrogen-bond donors (Lipinski definition) is 1. The molecule has 0 aliphatic heterocycles. The molecule has 0 aliphatic rings. The maximum Gasteiger partial charge on any atom is 0.175 e. The molecule has 4 heteroatoms. The second-order valence-corrected chi connectivity index (χ2v) is 7.75. The quantitative estimate of drug-likeness (QED) is 0.786. The molecular formula is C20H18O3S. The molecule has 3 rings (SSSR count). The monoisotopic (exact) mass is 338 g/mol. The Morgan fingerprint density at radius 2 is 1.17 bits per heavy atom. The molecule has 0 fully saturated rings. The Bertz CT molecular complexity index is 913. The Morgan fingerprint density at radius 1 is 0.708 bits per heavy atom. The SMILES string of the molecule is CS(=O)(=O)c1ccc(C(O)c2ccc(-c3ccccc3)cc2)cc1. The lowest BCUT2D eigenvalue weighted by Crippen LogP contribution is -2.01. The van der Waals surface area contributed by atoms with Gasteiger partial charge in [-0.2, -0.15) is 0 Å². The summed E-state index contributed by atoms with van der Waals surface area (Å²) < 4.78 is 23.0. The van der Waals surface area contributed by atoms with Crippen molar-refractivity contribution in [3.8, 4) is 11.1 Å². The van der Waals surface area contributed by atoms with Crippen LogP contribution in [0.3, 0.4) is 0 Å². The molecule has 1 N–H and O–H groups in total. The summed E-state index contributed by atoms with van der Waals surface area (Å²) in [6, 6.07) is 24.1. The van der Waals surface area contributed by atoms with Gasteiger partial charge in [0.1, 0.15) is 6.10 Å². The first kappa shape index (κ1) is 16.4. The average molecular weight is 338 g/mol. The Labute approximate surface area is 142 Å². The molecule has 0 saturated heterocycles. The second-order valence-electron chi connectivity index (χ2n) is 5.73. The van der Waals surface area contributed by atoms with Gasteiger partial charge in [-0.15, -0.1) is 0 Å². The third kappa shape index (κ3) is 3.55. The van der Waals surface area contributed by atoms with Crippen LogP contribution in [0, 0.1) is 0 Å². The highest BCUT2D eigenvalue weighted by molar-refractivity contribution is 7.90. The molecule has 1 unspecified atom stereocenters. The lowest BCUT2D eigenvalue weighted by Gasteiger charge is -2.13. The average Bonchev–Trinajstić information content (AvgIpc) is 2.61. The van der Waals surface area contributed by atoms with Gasteiger partial charge in [-0.25, -0.2) is 8.42 Å². The summed E-state index contributed by atoms with van der Waals surface area (Å²) in [6.07, 6.45) is 0.379. The van der Waals surface area contributed by atoms with Crippen molar-refractivity contribution in [3.05, 3.63) is 90.0 Å².